The van der Waals surface area contributed by atoms with Gasteiger partial charge in [-0.2, -0.15) is 13.2 Å². The Labute approximate surface area is 158 Å². The fourth-order valence-corrected chi connectivity index (χ4v) is 2.84. The van der Waals surface area contributed by atoms with Gasteiger partial charge in [0.1, 0.15) is 18.0 Å². The maximum absolute atomic E-state index is 13.2. The Hall–Kier alpha value is -2.65. The number of alkyl halides is 4. The van der Waals surface area contributed by atoms with Crippen molar-refractivity contribution in [3.63, 3.8) is 0 Å². The second-order valence-electron chi connectivity index (χ2n) is 6.42. The van der Waals surface area contributed by atoms with Crippen LogP contribution in [-0.2, 0) is 25.5 Å². The molecule has 1 saturated carbocycles. The van der Waals surface area contributed by atoms with Gasteiger partial charge in [0.25, 0.3) is 0 Å². The molecule has 3 atom stereocenters. The number of hydrogen-bond acceptors (Lipinski definition) is 5. The highest BCUT2D eigenvalue weighted by Crippen LogP contribution is 2.29. The zero-order valence-corrected chi connectivity index (χ0v) is 14.9. The quantitative estimate of drug-likeness (QED) is 0.447. The first kappa shape index (κ1) is 21.6. The molecule has 1 N–H and O–H groups in total. The van der Waals surface area contributed by atoms with E-state index in [1.54, 1.807) is 5.32 Å². The lowest BCUT2D eigenvalue weighted by molar-refractivity contribution is -0.175. The van der Waals surface area contributed by atoms with Crippen LogP contribution in [0.25, 0.3) is 0 Å². The number of carbonyl (C=O) groups is 3. The maximum Gasteiger partial charge on any atom is 0.471 e. The van der Waals surface area contributed by atoms with Crippen LogP contribution in [-0.4, -0.2) is 43.3 Å². The lowest BCUT2D eigenvalue weighted by Crippen LogP contribution is -2.48. The molecule has 0 heterocycles. The molecule has 28 heavy (non-hydrogen) atoms. The summed E-state index contributed by atoms with van der Waals surface area (Å²) in [5, 5.41) is 1.58. The average Bonchev–Trinajstić information content (AvgIpc) is 3.07. The summed E-state index contributed by atoms with van der Waals surface area (Å²) in [7, 11) is 0.989. The Kier molecular flexibility index (Phi) is 6.98. The van der Waals surface area contributed by atoms with E-state index in [-0.39, 0.29) is 18.6 Å². The van der Waals surface area contributed by atoms with Crippen LogP contribution >= 0.6 is 0 Å². The zero-order valence-electron chi connectivity index (χ0n) is 14.9. The Bertz CT molecular complexity index is 720. The number of ether oxygens (including phenoxy) is 2. The number of methoxy groups -OCH3 is 1. The molecule has 1 aliphatic carbocycles. The summed E-state index contributed by atoms with van der Waals surface area (Å²) in [6.07, 6.45) is -5.55. The van der Waals surface area contributed by atoms with Crippen molar-refractivity contribution in [1.82, 2.24) is 5.32 Å². The van der Waals surface area contributed by atoms with Gasteiger partial charge in [-0.3, -0.25) is 9.59 Å². The molecule has 10 heteroatoms. The van der Waals surface area contributed by atoms with Crippen LogP contribution in [0.15, 0.2) is 24.3 Å². The van der Waals surface area contributed by atoms with Gasteiger partial charge in [-0.05, 0) is 37.0 Å². The Morgan fingerprint density at radius 3 is 2.32 bits per heavy atom. The van der Waals surface area contributed by atoms with Gasteiger partial charge in [-0.25, -0.2) is 9.18 Å². The largest absolute Gasteiger partial charge is 0.471 e. The van der Waals surface area contributed by atoms with E-state index in [2.05, 4.69) is 4.74 Å². The van der Waals surface area contributed by atoms with Crippen LogP contribution < -0.4 is 10.1 Å². The molecule has 1 amide bonds. The summed E-state index contributed by atoms with van der Waals surface area (Å²) in [5.74, 6) is -4.15. The topological polar surface area (TPSA) is 81.7 Å². The summed E-state index contributed by atoms with van der Waals surface area (Å²) >= 11 is 0. The number of halogens is 4. The van der Waals surface area contributed by atoms with Crippen molar-refractivity contribution in [2.24, 2.45) is 5.92 Å². The Morgan fingerprint density at radius 2 is 1.82 bits per heavy atom. The molecule has 2 rings (SSSR count). The maximum atomic E-state index is 13.2. The molecule has 3 unspecified atom stereocenters. The molecule has 1 aromatic carbocycles. The molecule has 0 saturated heterocycles. The monoisotopic (exact) mass is 405 g/mol. The smallest absolute Gasteiger partial charge is 0.467 e. The van der Waals surface area contributed by atoms with Gasteiger partial charge >= 0.3 is 24.0 Å². The van der Waals surface area contributed by atoms with Gasteiger partial charge in [0, 0.05) is 6.42 Å². The second kappa shape index (κ2) is 9.03. The number of hydrogen-bond donors (Lipinski definition) is 1. The standard InChI is InChI=1S/C18H19F4NO5/c1-27-16(25)14(23-17(26)18(20,21)22)8-10-2-6-13(7-3-10)28-15(24)11-4-5-12(19)9-11/h2-3,6-7,11-12,14H,4-5,8-9H2,1H3,(H,23,26). The minimum Gasteiger partial charge on any atom is -0.467 e. The summed E-state index contributed by atoms with van der Waals surface area (Å²) in [6.45, 7) is 0. The molecule has 0 radical (unpaired) electrons. The number of carbonyl (C=O) groups excluding carboxylic acids is 3. The lowest BCUT2D eigenvalue weighted by Gasteiger charge is -2.17. The number of rotatable bonds is 6. The normalized spacial score (nSPS) is 20.3. The van der Waals surface area contributed by atoms with E-state index in [0.717, 1.165) is 7.11 Å². The van der Waals surface area contributed by atoms with Gasteiger partial charge < -0.3 is 14.8 Å². The van der Waals surface area contributed by atoms with Crippen molar-refractivity contribution in [3.05, 3.63) is 29.8 Å². The van der Waals surface area contributed by atoms with Crippen LogP contribution in [0.4, 0.5) is 17.6 Å². The first-order valence-corrected chi connectivity index (χ1v) is 8.50. The van der Waals surface area contributed by atoms with Crippen LogP contribution in [0.2, 0.25) is 0 Å². The van der Waals surface area contributed by atoms with Crippen molar-refractivity contribution in [2.75, 3.05) is 7.11 Å². The molecular formula is C18H19F4NO5. The minimum atomic E-state index is -5.14. The van der Waals surface area contributed by atoms with Gasteiger partial charge in [0.15, 0.2) is 0 Å². The number of esters is 2. The van der Waals surface area contributed by atoms with Crippen LogP contribution in [0.5, 0.6) is 5.75 Å². The van der Waals surface area contributed by atoms with Gasteiger partial charge in [-0.15, -0.1) is 0 Å². The minimum absolute atomic E-state index is 0.122. The fraction of sp³-hybridized carbons (Fsp3) is 0.500. The molecule has 0 spiro atoms. The lowest BCUT2D eigenvalue weighted by atomic mass is 10.1. The third kappa shape index (κ3) is 5.93. The molecule has 0 aromatic heterocycles. The molecule has 1 fully saturated rings. The highest BCUT2D eigenvalue weighted by atomic mass is 19.4. The summed E-state index contributed by atoms with van der Waals surface area (Å²) in [6, 6.07) is 4.13. The molecule has 6 nitrogen and oxygen atoms in total. The van der Waals surface area contributed by atoms with Crippen molar-refractivity contribution in [1.29, 1.82) is 0 Å². The van der Waals surface area contributed by atoms with Crippen LogP contribution in [0.3, 0.4) is 0 Å². The van der Waals surface area contributed by atoms with Gasteiger partial charge in [0.05, 0.1) is 13.0 Å². The first-order chi connectivity index (χ1) is 13.1. The van der Waals surface area contributed by atoms with E-state index < -0.39 is 42.2 Å². The van der Waals surface area contributed by atoms with Crippen LogP contribution in [0, 0.1) is 5.92 Å². The number of benzene rings is 1. The van der Waals surface area contributed by atoms with E-state index in [1.165, 1.54) is 24.3 Å². The van der Waals surface area contributed by atoms with Crippen LogP contribution in [0.1, 0.15) is 24.8 Å². The predicted octanol–water partition coefficient (Wildman–Crippen LogP) is 2.49. The molecule has 0 aliphatic heterocycles. The Morgan fingerprint density at radius 1 is 1.18 bits per heavy atom. The third-order valence-electron chi connectivity index (χ3n) is 4.33. The van der Waals surface area contributed by atoms with Crippen molar-refractivity contribution < 1.29 is 41.4 Å². The van der Waals surface area contributed by atoms with E-state index in [1.807, 2.05) is 0 Å². The van der Waals surface area contributed by atoms with E-state index >= 15 is 0 Å². The number of amides is 1. The summed E-state index contributed by atoms with van der Waals surface area (Å²) in [4.78, 5) is 34.7. The van der Waals surface area contributed by atoms with Gasteiger partial charge in [-0.1, -0.05) is 12.1 Å². The zero-order chi connectivity index (χ0) is 20.9. The van der Waals surface area contributed by atoms with Crippen molar-refractivity contribution >= 4 is 17.8 Å². The Balaban J connectivity index is 1.99. The highest BCUT2D eigenvalue weighted by molar-refractivity contribution is 5.87. The van der Waals surface area contributed by atoms with Gasteiger partial charge in [0.2, 0.25) is 0 Å². The molecule has 154 valence electrons. The molecule has 1 aliphatic rings. The third-order valence-corrected chi connectivity index (χ3v) is 4.33. The predicted molar refractivity (Wildman–Crippen MR) is 88.0 cm³/mol. The van der Waals surface area contributed by atoms with E-state index in [0.29, 0.717) is 18.4 Å². The van der Waals surface area contributed by atoms with E-state index in [9.17, 15) is 31.9 Å². The highest BCUT2D eigenvalue weighted by Gasteiger charge is 2.41. The first-order valence-electron chi connectivity index (χ1n) is 8.50. The SMILES string of the molecule is COC(=O)C(Cc1ccc(OC(=O)C2CCC(F)C2)cc1)NC(=O)C(F)(F)F. The number of nitrogens with one attached hydrogen (secondary N) is 1. The van der Waals surface area contributed by atoms with Crippen molar-refractivity contribution in [3.8, 4) is 5.75 Å². The molecule has 1 aromatic rings. The van der Waals surface area contributed by atoms with Crippen molar-refractivity contribution in [2.45, 2.75) is 44.1 Å². The fourth-order valence-electron chi connectivity index (χ4n) is 2.84. The average molecular weight is 405 g/mol. The second-order valence-corrected chi connectivity index (χ2v) is 6.42. The summed E-state index contributed by atoms with van der Waals surface area (Å²) in [5.41, 5.74) is 0.405. The summed E-state index contributed by atoms with van der Waals surface area (Å²) < 4.78 is 60.0. The molecule has 0 bridgehead atoms. The molecular weight excluding hydrogens is 386 g/mol. The van der Waals surface area contributed by atoms with E-state index in [4.69, 9.17) is 4.74 Å².